The van der Waals surface area contributed by atoms with Gasteiger partial charge in [0.15, 0.2) is 0 Å². The average molecular weight is 220 g/mol. The zero-order chi connectivity index (χ0) is 11.4. The minimum absolute atomic E-state index is 0.551. The van der Waals surface area contributed by atoms with Gasteiger partial charge in [-0.05, 0) is 25.0 Å². The highest BCUT2D eigenvalue weighted by atomic mass is 16.5. The van der Waals surface area contributed by atoms with Gasteiger partial charge >= 0.3 is 0 Å². The number of para-hydroxylation sites is 2. The number of benzene rings is 1. The van der Waals surface area contributed by atoms with Crippen LogP contribution in [0.15, 0.2) is 24.3 Å². The van der Waals surface area contributed by atoms with Crippen molar-refractivity contribution in [3.63, 3.8) is 0 Å². The lowest BCUT2D eigenvalue weighted by molar-refractivity contribution is 0.0904. The van der Waals surface area contributed by atoms with E-state index >= 15 is 0 Å². The molecule has 0 amide bonds. The summed E-state index contributed by atoms with van der Waals surface area (Å²) in [6.45, 7) is 1.75. The van der Waals surface area contributed by atoms with Crippen LogP contribution in [0.1, 0.15) is 12.8 Å². The van der Waals surface area contributed by atoms with Crippen LogP contribution in [0.2, 0.25) is 0 Å². The molecule has 1 aliphatic rings. The Kier molecular flexibility index (Phi) is 3.67. The Morgan fingerprint density at radius 3 is 2.56 bits per heavy atom. The van der Waals surface area contributed by atoms with E-state index < -0.39 is 0 Å². The fourth-order valence-corrected chi connectivity index (χ4v) is 2.05. The van der Waals surface area contributed by atoms with Crippen molar-refractivity contribution in [2.24, 2.45) is 0 Å². The van der Waals surface area contributed by atoms with Gasteiger partial charge in [-0.3, -0.25) is 0 Å². The molecule has 0 aromatic heterocycles. The van der Waals surface area contributed by atoms with Gasteiger partial charge in [-0.2, -0.15) is 0 Å². The SMILES string of the molecule is CN(C)c1ccccc1NC1CCOCC1. The largest absolute Gasteiger partial charge is 0.381 e. The Hall–Kier alpha value is -1.22. The lowest BCUT2D eigenvalue weighted by Crippen LogP contribution is -2.28. The molecule has 2 rings (SSSR count). The summed E-state index contributed by atoms with van der Waals surface area (Å²) in [6, 6.07) is 8.99. The van der Waals surface area contributed by atoms with Gasteiger partial charge in [0.05, 0.1) is 11.4 Å². The normalized spacial score (nSPS) is 17.1. The zero-order valence-corrected chi connectivity index (χ0v) is 10.1. The molecule has 0 unspecified atom stereocenters. The van der Waals surface area contributed by atoms with Crippen molar-refractivity contribution >= 4 is 11.4 Å². The molecule has 1 saturated heterocycles. The molecule has 0 radical (unpaired) electrons. The third-order valence-corrected chi connectivity index (χ3v) is 2.97. The van der Waals surface area contributed by atoms with Crippen LogP contribution in [0.5, 0.6) is 0 Å². The number of hydrogen-bond acceptors (Lipinski definition) is 3. The van der Waals surface area contributed by atoms with E-state index in [1.807, 2.05) is 0 Å². The zero-order valence-electron chi connectivity index (χ0n) is 10.1. The first-order valence-corrected chi connectivity index (χ1v) is 5.88. The molecule has 0 bridgehead atoms. The second-order valence-corrected chi connectivity index (χ2v) is 4.44. The minimum Gasteiger partial charge on any atom is -0.381 e. The van der Waals surface area contributed by atoms with Crippen molar-refractivity contribution in [1.29, 1.82) is 0 Å². The lowest BCUT2D eigenvalue weighted by atomic mass is 10.1. The van der Waals surface area contributed by atoms with Crippen LogP contribution in [-0.4, -0.2) is 33.4 Å². The van der Waals surface area contributed by atoms with E-state index in [0.717, 1.165) is 26.1 Å². The van der Waals surface area contributed by atoms with E-state index in [-0.39, 0.29) is 0 Å². The van der Waals surface area contributed by atoms with Gasteiger partial charge in [0.2, 0.25) is 0 Å². The van der Waals surface area contributed by atoms with Crippen LogP contribution in [-0.2, 0) is 4.74 Å². The van der Waals surface area contributed by atoms with Crippen molar-refractivity contribution in [3.05, 3.63) is 24.3 Å². The summed E-state index contributed by atoms with van der Waals surface area (Å²) in [5.74, 6) is 0. The quantitative estimate of drug-likeness (QED) is 0.846. The third kappa shape index (κ3) is 2.67. The molecule has 0 atom stereocenters. The molecule has 1 N–H and O–H groups in total. The Morgan fingerprint density at radius 1 is 1.19 bits per heavy atom. The highest BCUT2D eigenvalue weighted by molar-refractivity contribution is 5.69. The maximum Gasteiger partial charge on any atom is 0.0596 e. The maximum absolute atomic E-state index is 5.36. The second kappa shape index (κ2) is 5.21. The van der Waals surface area contributed by atoms with Gasteiger partial charge < -0.3 is 15.0 Å². The van der Waals surface area contributed by atoms with E-state index in [1.54, 1.807) is 0 Å². The van der Waals surface area contributed by atoms with Gasteiger partial charge in [-0.15, -0.1) is 0 Å². The first-order valence-electron chi connectivity index (χ1n) is 5.88. The van der Waals surface area contributed by atoms with Crippen molar-refractivity contribution in [1.82, 2.24) is 0 Å². The molecular weight excluding hydrogens is 200 g/mol. The molecule has 16 heavy (non-hydrogen) atoms. The van der Waals surface area contributed by atoms with Gasteiger partial charge in [-0.25, -0.2) is 0 Å². The molecule has 1 aliphatic heterocycles. The highest BCUT2D eigenvalue weighted by Crippen LogP contribution is 2.25. The van der Waals surface area contributed by atoms with Crippen molar-refractivity contribution in [3.8, 4) is 0 Å². The van der Waals surface area contributed by atoms with E-state index in [1.165, 1.54) is 11.4 Å². The first-order chi connectivity index (χ1) is 7.77. The Labute approximate surface area is 97.4 Å². The predicted molar refractivity (Wildman–Crippen MR) is 68.2 cm³/mol. The molecule has 0 aliphatic carbocycles. The van der Waals surface area contributed by atoms with Gasteiger partial charge in [0, 0.05) is 33.4 Å². The minimum atomic E-state index is 0.551. The van der Waals surface area contributed by atoms with Crippen LogP contribution < -0.4 is 10.2 Å². The molecule has 1 aromatic carbocycles. The predicted octanol–water partition coefficient (Wildman–Crippen LogP) is 2.34. The van der Waals surface area contributed by atoms with Crippen LogP contribution >= 0.6 is 0 Å². The fourth-order valence-electron chi connectivity index (χ4n) is 2.05. The number of anilines is 2. The Bertz CT molecular complexity index is 332. The number of nitrogens with zero attached hydrogens (tertiary/aromatic N) is 1. The molecule has 1 fully saturated rings. The summed E-state index contributed by atoms with van der Waals surface area (Å²) in [7, 11) is 4.15. The average Bonchev–Trinajstić information content (AvgIpc) is 2.31. The second-order valence-electron chi connectivity index (χ2n) is 4.44. The lowest BCUT2D eigenvalue weighted by Gasteiger charge is -2.26. The number of ether oxygens (including phenoxy) is 1. The molecule has 1 heterocycles. The van der Waals surface area contributed by atoms with E-state index in [0.29, 0.717) is 6.04 Å². The molecule has 88 valence electrons. The molecule has 3 nitrogen and oxygen atoms in total. The Balaban J connectivity index is 2.07. The van der Waals surface area contributed by atoms with Gasteiger partial charge in [0.1, 0.15) is 0 Å². The molecule has 1 aromatic rings. The monoisotopic (exact) mass is 220 g/mol. The summed E-state index contributed by atoms with van der Waals surface area (Å²) < 4.78 is 5.36. The van der Waals surface area contributed by atoms with Crippen LogP contribution in [0.3, 0.4) is 0 Å². The number of rotatable bonds is 3. The topological polar surface area (TPSA) is 24.5 Å². The summed E-state index contributed by atoms with van der Waals surface area (Å²) in [6.07, 6.45) is 2.20. The van der Waals surface area contributed by atoms with E-state index in [9.17, 15) is 0 Å². The molecule has 0 saturated carbocycles. The standard InChI is InChI=1S/C13H20N2O/c1-15(2)13-6-4-3-5-12(13)14-11-7-9-16-10-8-11/h3-6,11,14H,7-10H2,1-2H3. The Morgan fingerprint density at radius 2 is 1.88 bits per heavy atom. The maximum atomic E-state index is 5.36. The number of nitrogens with one attached hydrogen (secondary N) is 1. The molecule has 3 heteroatoms. The third-order valence-electron chi connectivity index (χ3n) is 2.97. The first kappa shape index (κ1) is 11.3. The number of hydrogen-bond donors (Lipinski definition) is 1. The summed E-state index contributed by atoms with van der Waals surface area (Å²) in [5, 5.41) is 3.61. The van der Waals surface area contributed by atoms with Crippen molar-refractivity contribution < 1.29 is 4.74 Å². The van der Waals surface area contributed by atoms with Gasteiger partial charge in [0.25, 0.3) is 0 Å². The highest BCUT2D eigenvalue weighted by Gasteiger charge is 2.14. The van der Waals surface area contributed by atoms with E-state index in [2.05, 4.69) is 48.6 Å². The van der Waals surface area contributed by atoms with Crippen molar-refractivity contribution in [2.75, 3.05) is 37.5 Å². The van der Waals surface area contributed by atoms with Gasteiger partial charge in [-0.1, -0.05) is 12.1 Å². The fraction of sp³-hybridized carbons (Fsp3) is 0.538. The van der Waals surface area contributed by atoms with Crippen LogP contribution in [0, 0.1) is 0 Å². The smallest absolute Gasteiger partial charge is 0.0596 e. The molecule has 0 spiro atoms. The van der Waals surface area contributed by atoms with Crippen LogP contribution in [0.4, 0.5) is 11.4 Å². The summed E-state index contributed by atoms with van der Waals surface area (Å²) in [5.41, 5.74) is 2.47. The summed E-state index contributed by atoms with van der Waals surface area (Å²) in [4.78, 5) is 2.14. The van der Waals surface area contributed by atoms with Crippen LogP contribution in [0.25, 0.3) is 0 Å². The molecular formula is C13H20N2O. The van der Waals surface area contributed by atoms with Crippen molar-refractivity contribution in [2.45, 2.75) is 18.9 Å². The van der Waals surface area contributed by atoms with E-state index in [4.69, 9.17) is 4.74 Å². The summed E-state index contributed by atoms with van der Waals surface area (Å²) >= 11 is 0.